The number of nitrogens with zero attached hydrogens (tertiary/aromatic N) is 3. The highest BCUT2D eigenvalue weighted by molar-refractivity contribution is 5.90. The monoisotopic (exact) mass is 354 g/mol. The van der Waals surface area contributed by atoms with Crippen LogP contribution in [0.2, 0.25) is 0 Å². The molecule has 1 N–H and O–H groups in total. The van der Waals surface area contributed by atoms with E-state index in [1.807, 2.05) is 0 Å². The first-order valence-electron chi connectivity index (χ1n) is 7.69. The van der Waals surface area contributed by atoms with Gasteiger partial charge in [-0.25, -0.2) is 14.1 Å². The van der Waals surface area contributed by atoms with Crippen molar-refractivity contribution in [2.75, 3.05) is 12.4 Å². The Labute approximate surface area is 148 Å². The Morgan fingerprint density at radius 3 is 2.58 bits per heavy atom. The van der Waals surface area contributed by atoms with Crippen LogP contribution in [0.25, 0.3) is 11.3 Å². The summed E-state index contributed by atoms with van der Waals surface area (Å²) in [5.41, 5.74) is 1.15. The molecule has 0 aliphatic carbocycles. The second-order valence-corrected chi connectivity index (χ2v) is 5.36. The largest absolute Gasteiger partial charge is 0.481 e. The third-order valence-corrected chi connectivity index (χ3v) is 3.53. The zero-order valence-corrected chi connectivity index (χ0v) is 13.8. The van der Waals surface area contributed by atoms with Gasteiger partial charge in [-0.2, -0.15) is 5.10 Å². The van der Waals surface area contributed by atoms with Crippen molar-refractivity contribution >= 4 is 11.6 Å². The number of ether oxygens (including phenoxy) is 1. The van der Waals surface area contributed by atoms with Crippen LogP contribution in [0.1, 0.15) is 0 Å². The summed E-state index contributed by atoms with van der Waals surface area (Å²) in [6.45, 7) is -0.264. The van der Waals surface area contributed by atoms with Gasteiger partial charge in [0.05, 0.1) is 24.7 Å². The number of nitrogens with one attached hydrogen (secondary N) is 1. The first-order chi connectivity index (χ1) is 12.5. The summed E-state index contributed by atoms with van der Waals surface area (Å²) in [6, 6.07) is 11.8. The summed E-state index contributed by atoms with van der Waals surface area (Å²) in [5.74, 6) is -0.370. The smallest absolute Gasteiger partial charge is 0.267 e. The van der Waals surface area contributed by atoms with E-state index in [4.69, 9.17) is 4.74 Å². The van der Waals surface area contributed by atoms with Gasteiger partial charge in [-0.15, -0.1) is 0 Å². The summed E-state index contributed by atoms with van der Waals surface area (Å²) in [7, 11) is 1.49. The van der Waals surface area contributed by atoms with E-state index in [1.165, 1.54) is 37.6 Å². The minimum Gasteiger partial charge on any atom is -0.481 e. The Morgan fingerprint density at radius 1 is 1.15 bits per heavy atom. The predicted octanol–water partition coefficient (Wildman–Crippen LogP) is 2.09. The van der Waals surface area contributed by atoms with Gasteiger partial charge in [-0.1, -0.05) is 0 Å². The third kappa shape index (κ3) is 4.10. The Balaban J connectivity index is 1.75. The van der Waals surface area contributed by atoms with E-state index in [0.29, 0.717) is 22.8 Å². The predicted molar refractivity (Wildman–Crippen MR) is 93.3 cm³/mol. The molecule has 0 saturated heterocycles. The number of carbonyl (C=O) groups is 1. The van der Waals surface area contributed by atoms with Gasteiger partial charge in [0.2, 0.25) is 11.8 Å². The van der Waals surface area contributed by atoms with Gasteiger partial charge in [0.25, 0.3) is 5.56 Å². The lowest BCUT2D eigenvalue weighted by molar-refractivity contribution is -0.117. The van der Waals surface area contributed by atoms with E-state index in [2.05, 4.69) is 15.4 Å². The lowest BCUT2D eigenvalue weighted by Gasteiger charge is -2.08. The van der Waals surface area contributed by atoms with Crippen molar-refractivity contribution in [3.63, 3.8) is 0 Å². The Kier molecular flexibility index (Phi) is 5.02. The molecule has 3 aromatic rings. The molecule has 7 nitrogen and oxygen atoms in total. The molecule has 132 valence electrons. The maximum Gasteiger partial charge on any atom is 0.267 e. The van der Waals surface area contributed by atoms with Gasteiger partial charge in [-0.3, -0.25) is 9.59 Å². The molecule has 0 unspecified atom stereocenters. The van der Waals surface area contributed by atoms with Crippen LogP contribution in [0.4, 0.5) is 10.1 Å². The molecule has 1 amide bonds. The van der Waals surface area contributed by atoms with Crippen molar-refractivity contribution < 1.29 is 13.9 Å². The highest BCUT2D eigenvalue weighted by Gasteiger charge is 2.09. The summed E-state index contributed by atoms with van der Waals surface area (Å²) in [5, 5.41) is 6.80. The summed E-state index contributed by atoms with van der Waals surface area (Å²) in [6.07, 6.45) is 1.45. The average Bonchev–Trinajstić information content (AvgIpc) is 2.65. The molecule has 0 fully saturated rings. The quantitative estimate of drug-likeness (QED) is 0.758. The Hall–Kier alpha value is -3.55. The van der Waals surface area contributed by atoms with Crippen molar-refractivity contribution in [3.05, 3.63) is 70.9 Å². The van der Waals surface area contributed by atoms with Gasteiger partial charge < -0.3 is 10.1 Å². The number of halogens is 1. The molecule has 0 saturated carbocycles. The van der Waals surface area contributed by atoms with Gasteiger partial charge in [0.15, 0.2) is 0 Å². The van der Waals surface area contributed by atoms with Gasteiger partial charge in [-0.05, 0) is 36.4 Å². The van der Waals surface area contributed by atoms with E-state index >= 15 is 0 Å². The van der Waals surface area contributed by atoms with E-state index in [1.54, 1.807) is 24.3 Å². The molecule has 0 atom stereocenters. The number of anilines is 1. The molecule has 1 aromatic carbocycles. The molecule has 0 bridgehead atoms. The lowest BCUT2D eigenvalue weighted by Crippen LogP contribution is -2.29. The van der Waals surface area contributed by atoms with Crippen LogP contribution in [-0.4, -0.2) is 27.8 Å². The second kappa shape index (κ2) is 7.56. The van der Waals surface area contributed by atoms with E-state index in [9.17, 15) is 14.0 Å². The van der Waals surface area contributed by atoms with Gasteiger partial charge in [0.1, 0.15) is 12.4 Å². The maximum absolute atomic E-state index is 13.0. The standard InChI is InChI=1S/C18H15FN4O3/c1-26-17-8-6-14(10-20-17)21-16(24)11-23-18(25)9-7-15(22-23)12-2-4-13(19)5-3-12/h2-10H,11H2,1H3,(H,21,24). The zero-order valence-electron chi connectivity index (χ0n) is 13.8. The number of pyridine rings is 1. The highest BCUT2D eigenvalue weighted by Crippen LogP contribution is 2.15. The van der Waals surface area contributed by atoms with E-state index in [-0.39, 0.29) is 12.4 Å². The molecule has 0 aliphatic heterocycles. The fourth-order valence-corrected chi connectivity index (χ4v) is 2.25. The second-order valence-electron chi connectivity index (χ2n) is 5.36. The summed E-state index contributed by atoms with van der Waals surface area (Å²) in [4.78, 5) is 28.1. The molecule has 26 heavy (non-hydrogen) atoms. The molecule has 2 aromatic heterocycles. The average molecular weight is 354 g/mol. The topological polar surface area (TPSA) is 86.1 Å². The molecular weight excluding hydrogens is 339 g/mol. The molecule has 0 radical (unpaired) electrons. The third-order valence-electron chi connectivity index (χ3n) is 3.53. The van der Waals surface area contributed by atoms with Crippen molar-refractivity contribution in [2.45, 2.75) is 6.54 Å². The van der Waals surface area contributed by atoms with Crippen LogP contribution >= 0.6 is 0 Å². The normalized spacial score (nSPS) is 10.4. The van der Waals surface area contributed by atoms with E-state index in [0.717, 1.165) is 4.68 Å². The van der Waals surface area contributed by atoms with Crippen molar-refractivity contribution in [1.82, 2.24) is 14.8 Å². The lowest BCUT2D eigenvalue weighted by atomic mass is 10.1. The fourth-order valence-electron chi connectivity index (χ4n) is 2.25. The van der Waals surface area contributed by atoms with Crippen LogP contribution < -0.4 is 15.6 Å². The van der Waals surface area contributed by atoms with Crippen LogP contribution in [0.15, 0.2) is 59.5 Å². The number of aromatic nitrogens is 3. The van der Waals surface area contributed by atoms with Gasteiger partial charge in [0, 0.05) is 17.7 Å². The number of hydrogen-bond donors (Lipinski definition) is 1. The first kappa shape index (κ1) is 17.3. The van der Waals surface area contributed by atoms with Crippen molar-refractivity contribution in [1.29, 1.82) is 0 Å². The SMILES string of the molecule is COc1ccc(NC(=O)Cn2nc(-c3ccc(F)cc3)ccc2=O)cn1. The number of benzene rings is 1. The van der Waals surface area contributed by atoms with Crippen molar-refractivity contribution in [3.8, 4) is 17.1 Å². The number of methoxy groups -OCH3 is 1. The van der Waals surface area contributed by atoms with Gasteiger partial charge >= 0.3 is 0 Å². The summed E-state index contributed by atoms with van der Waals surface area (Å²) < 4.78 is 19.0. The minimum atomic E-state index is -0.428. The molecular formula is C18H15FN4O3. The zero-order chi connectivity index (χ0) is 18.5. The molecule has 2 heterocycles. The Morgan fingerprint density at radius 2 is 1.92 bits per heavy atom. The van der Waals surface area contributed by atoms with Crippen molar-refractivity contribution in [2.24, 2.45) is 0 Å². The summed E-state index contributed by atoms with van der Waals surface area (Å²) >= 11 is 0. The number of amides is 1. The fraction of sp³-hybridized carbons (Fsp3) is 0.111. The van der Waals surface area contributed by atoms with Crippen LogP contribution in [0, 0.1) is 5.82 Å². The highest BCUT2D eigenvalue weighted by atomic mass is 19.1. The number of carbonyl (C=O) groups excluding carboxylic acids is 1. The van der Waals surface area contributed by atoms with Crippen LogP contribution in [-0.2, 0) is 11.3 Å². The molecule has 0 spiro atoms. The Bertz CT molecular complexity index is 969. The number of hydrogen-bond acceptors (Lipinski definition) is 5. The van der Waals surface area contributed by atoms with Crippen LogP contribution in [0.3, 0.4) is 0 Å². The van der Waals surface area contributed by atoms with Crippen LogP contribution in [0.5, 0.6) is 5.88 Å². The van der Waals surface area contributed by atoms with E-state index < -0.39 is 11.5 Å². The maximum atomic E-state index is 13.0. The molecule has 8 heteroatoms. The molecule has 3 rings (SSSR count). The first-order valence-corrected chi connectivity index (χ1v) is 7.69. The molecule has 0 aliphatic rings. The minimum absolute atomic E-state index is 0.264. The number of rotatable bonds is 5.